The molecule has 0 spiro atoms. The molecule has 0 saturated heterocycles. The molecule has 0 heterocycles. The van der Waals surface area contributed by atoms with Crippen LogP contribution in [0.15, 0.2) is 0 Å². The lowest BCUT2D eigenvalue weighted by molar-refractivity contribution is 0.503. The van der Waals surface area contributed by atoms with E-state index in [1.165, 1.54) is 64.2 Å². The molecule has 2 heteroatoms. The van der Waals surface area contributed by atoms with E-state index in [-0.39, 0.29) is 0 Å². The Bertz CT molecular complexity index is 119. The normalized spacial score (nSPS) is 8.87. The van der Waals surface area contributed by atoms with Gasteiger partial charge in [-0.05, 0) is 0 Å². The highest BCUT2D eigenvalue weighted by atomic mass is 16.2. The van der Waals surface area contributed by atoms with Gasteiger partial charge in [-0.15, -0.1) is 0 Å². The van der Waals surface area contributed by atoms with Crippen molar-refractivity contribution in [3.05, 3.63) is 0 Å². The summed E-state index contributed by atoms with van der Waals surface area (Å²) in [6.07, 6.45) is 15.2. The fourth-order valence-corrected chi connectivity index (χ4v) is 1.56. The molecule has 1 N–H and O–H groups in total. The summed E-state index contributed by atoms with van der Waals surface area (Å²) in [7, 11) is 0. The van der Waals surface area contributed by atoms with Crippen LogP contribution in [-0.4, -0.2) is 5.11 Å². The van der Waals surface area contributed by atoms with E-state index in [9.17, 15) is 0 Å². The Morgan fingerprint density at radius 1 is 0.733 bits per heavy atom. The van der Waals surface area contributed by atoms with Crippen molar-refractivity contribution in [1.82, 2.24) is 0 Å². The standard InChI is InChI=1S/C12H26.CHNO/c1-3-5-7-9-11-12-10-8-6-4-2;2-1-3/h3-12H2,1-2H3;3H. The second-order valence-electron chi connectivity index (χ2n) is 3.93. The summed E-state index contributed by atoms with van der Waals surface area (Å²) in [4.78, 5) is 0. The number of unbranched alkanes of at least 4 members (excludes halogenated alkanes) is 9. The van der Waals surface area contributed by atoms with Gasteiger partial charge < -0.3 is 5.11 Å². The Balaban J connectivity index is 0. The van der Waals surface area contributed by atoms with E-state index in [0.717, 1.165) is 6.26 Å². The van der Waals surface area contributed by atoms with Gasteiger partial charge in [0.1, 0.15) is 0 Å². The molecule has 0 aromatic heterocycles. The minimum Gasteiger partial charge on any atom is -0.443 e. The highest BCUT2D eigenvalue weighted by molar-refractivity contribution is 4.45. The van der Waals surface area contributed by atoms with E-state index in [0.29, 0.717) is 0 Å². The maximum Gasteiger partial charge on any atom is 0.283 e. The minimum atomic E-state index is 0.750. The largest absolute Gasteiger partial charge is 0.443 e. The van der Waals surface area contributed by atoms with E-state index in [2.05, 4.69) is 13.8 Å². The second-order valence-corrected chi connectivity index (χ2v) is 3.93. The predicted molar refractivity (Wildman–Crippen MR) is 65.1 cm³/mol. The third-order valence-corrected chi connectivity index (χ3v) is 2.46. The highest BCUT2D eigenvalue weighted by Crippen LogP contribution is 2.09. The Morgan fingerprint density at radius 3 is 1.13 bits per heavy atom. The van der Waals surface area contributed by atoms with Gasteiger partial charge in [0.05, 0.1) is 0 Å². The van der Waals surface area contributed by atoms with Gasteiger partial charge in [-0.2, -0.15) is 5.26 Å². The molecule has 0 amide bonds. The molecular weight excluding hydrogens is 186 g/mol. The molecule has 2 nitrogen and oxygen atoms in total. The van der Waals surface area contributed by atoms with Gasteiger partial charge in [0.15, 0.2) is 0 Å². The average molecular weight is 213 g/mol. The van der Waals surface area contributed by atoms with Crippen LogP contribution in [0.4, 0.5) is 0 Å². The van der Waals surface area contributed by atoms with Gasteiger partial charge in [-0.3, -0.25) is 0 Å². The molecule has 0 aliphatic heterocycles. The molecule has 0 aliphatic carbocycles. The summed E-state index contributed by atoms with van der Waals surface area (Å²) in [6.45, 7) is 4.56. The lowest BCUT2D eigenvalue weighted by Crippen LogP contribution is -1.80. The number of hydrogen-bond donors (Lipinski definition) is 1. The molecule has 0 atom stereocenters. The molecule has 90 valence electrons. The van der Waals surface area contributed by atoms with E-state index in [1.807, 2.05) is 0 Å². The van der Waals surface area contributed by atoms with E-state index < -0.39 is 0 Å². The summed E-state index contributed by atoms with van der Waals surface area (Å²) in [5.74, 6) is 0. The van der Waals surface area contributed by atoms with Crippen molar-refractivity contribution in [2.24, 2.45) is 0 Å². The number of rotatable bonds is 9. The average Bonchev–Trinajstić information content (AvgIpc) is 2.23. The van der Waals surface area contributed by atoms with Crippen LogP contribution in [0.1, 0.15) is 78.1 Å². The number of nitriles is 1. The number of aliphatic hydroxyl groups is 1. The zero-order valence-electron chi connectivity index (χ0n) is 10.5. The van der Waals surface area contributed by atoms with Gasteiger partial charge in [0.2, 0.25) is 0 Å². The van der Waals surface area contributed by atoms with Crippen molar-refractivity contribution in [2.75, 3.05) is 0 Å². The first kappa shape index (κ1) is 16.7. The third kappa shape index (κ3) is 24.6. The van der Waals surface area contributed by atoms with Gasteiger partial charge in [0, 0.05) is 0 Å². The van der Waals surface area contributed by atoms with Crippen LogP contribution in [0, 0.1) is 11.5 Å². The fourth-order valence-electron chi connectivity index (χ4n) is 1.56. The summed E-state index contributed by atoms with van der Waals surface area (Å²) in [6, 6.07) is 0. The zero-order valence-corrected chi connectivity index (χ0v) is 10.5. The maximum atomic E-state index is 6.88. The smallest absolute Gasteiger partial charge is 0.283 e. The maximum absolute atomic E-state index is 6.88. The Kier molecular flexibility index (Phi) is 21.1. The molecule has 0 aliphatic rings. The van der Waals surface area contributed by atoms with Crippen LogP contribution in [0.5, 0.6) is 0 Å². The molecule has 0 saturated carbocycles. The second kappa shape index (κ2) is 19.0. The number of hydrogen-bond acceptors (Lipinski definition) is 2. The van der Waals surface area contributed by atoms with E-state index in [1.54, 1.807) is 0 Å². The topological polar surface area (TPSA) is 44.0 Å². The third-order valence-electron chi connectivity index (χ3n) is 2.46. The SMILES string of the molecule is CCCCCCCCCCCC.N#CO. The van der Waals surface area contributed by atoms with Gasteiger partial charge >= 0.3 is 0 Å². The van der Waals surface area contributed by atoms with Crippen LogP contribution in [0.2, 0.25) is 0 Å². The Labute approximate surface area is 95.3 Å². The minimum absolute atomic E-state index is 0.750. The number of nitrogens with zero attached hydrogens (tertiary/aromatic N) is 1. The summed E-state index contributed by atoms with van der Waals surface area (Å²) in [5.41, 5.74) is 0. The van der Waals surface area contributed by atoms with E-state index >= 15 is 0 Å². The van der Waals surface area contributed by atoms with E-state index in [4.69, 9.17) is 10.4 Å². The van der Waals surface area contributed by atoms with Crippen molar-refractivity contribution >= 4 is 0 Å². The lowest BCUT2D eigenvalue weighted by atomic mass is 10.1. The zero-order chi connectivity index (χ0) is 11.8. The van der Waals surface area contributed by atoms with Gasteiger partial charge in [0.25, 0.3) is 6.26 Å². The molecule has 0 bridgehead atoms. The molecule has 0 fully saturated rings. The van der Waals surface area contributed by atoms with Crippen LogP contribution in [-0.2, 0) is 0 Å². The van der Waals surface area contributed by atoms with Gasteiger partial charge in [-0.1, -0.05) is 78.1 Å². The fraction of sp³-hybridized carbons (Fsp3) is 0.923. The molecule has 15 heavy (non-hydrogen) atoms. The summed E-state index contributed by atoms with van der Waals surface area (Å²) >= 11 is 0. The number of aliphatic hydroxyl groups excluding tert-OH is 1. The first-order chi connectivity index (χ1) is 7.33. The van der Waals surface area contributed by atoms with Crippen molar-refractivity contribution < 1.29 is 5.11 Å². The first-order valence-electron chi connectivity index (χ1n) is 6.36. The summed E-state index contributed by atoms with van der Waals surface area (Å²) < 4.78 is 0. The van der Waals surface area contributed by atoms with Crippen molar-refractivity contribution in [3.63, 3.8) is 0 Å². The monoisotopic (exact) mass is 213 g/mol. The quantitative estimate of drug-likeness (QED) is 0.443. The summed E-state index contributed by atoms with van der Waals surface area (Å²) in [5, 5.41) is 13.8. The van der Waals surface area contributed by atoms with Crippen LogP contribution >= 0.6 is 0 Å². The van der Waals surface area contributed by atoms with Crippen molar-refractivity contribution in [3.8, 4) is 6.26 Å². The van der Waals surface area contributed by atoms with Gasteiger partial charge in [-0.25, -0.2) is 0 Å². The van der Waals surface area contributed by atoms with Crippen LogP contribution in [0.25, 0.3) is 0 Å². The molecular formula is C13H27NO. The molecule has 0 radical (unpaired) electrons. The van der Waals surface area contributed by atoms with Crippen molar-refractivity contribution in [2.45, 2.75) is 78.1 Å². The molecule has 0 rings (SSSR count). The predicted octanol–water partition coefficient (Wildman–Crippen LogP) is 4.77. The van der Waals surface area contributed by atoms with Crippen LogP contribution in [0.3, 0.4) is 0 Å². The molecule has 0 unspecified atom stereocenters. The van der Waals surface area contributed by atoms with Crippen molar-refractivity contribution in [1.29, 1.82) is 5.26 Å². The lowest BCUT2D eigenvalue weighted by Gasteiger charge is -1.99. The molecule has 0 aromatic rings. The Hall–Kier alpha value is -0.710. The molecule has 0 aromatic carbocycles. The first-order valence-corrected chi connectivity index (χ1v) is 6.36. The highest BCUT2D eigenvalue weighted by Gasteiger charge is 1.90. The Morgan fingerprint density at radius 2 is 0.933 bits per heavy atom. The van der Waals surface area contributed by atoms with Crippen LogP contribution < -0.4 is 0 Å².